The Bertz CT molecular complexity index is 1470. The molecular formula is C30H30N4O2S. The fourth-order valence-electron chi connectivity index (χ4n) is 5.45. The van der Waals surface area contributed by atoms with Crippen molar-refractivity contribution >= 4 is 29.0 Å². The van der Waals surface area contributed by atoms with Crippen molar-refractivity contribution < 1.29 is 9.53 Å². The molecule has 0 saturated carbocycles. The Morgan fingerprint density at radius 3 is 2.35 bits per heavy atom. The second-order valence-corrected chi connectivity index (χ2v) is 9.90. The summed E-state index contributed by atoms with van der Waals surface area (Å²) in [6, 6.07) is 21.9. The van der Waals surface area contributed by atoms with Gasteiger partial charge in [0, 0.05) is 23.3 Å². The molecule has 1 fully saturated rings. The Balaban J connectivity index is 1.71. The van der Waals surface area contributed by atoms with Crippen molar-refractivity contribution in [2.45, 2.75) is 39.8 Å². The number of nitrogens with one attached hydrogen (secondary N) is 1. The quantitative estimate of drug-likeness (QED) is 0.260. The number of benzene rings is 2. The molecule has 6 nitrogen and oxygen atoms in total. The number of para-hydroxylation sites is 1. The maximum absolute atomic E-state index is 12.6. The van der Waals surface area contributed by atoms with Gasteiger partial charge in [-0.25, -0.2) is 4.79 Å². The summed E-state index contributed by atoms with van der Waals surface area (Å²) in [5, 5.41) is 4.21. The van der Waals surface area contributed by atoms with Crippen LogP contribution in [-0.2, 0) is 4.74 Å². The molecule has 0 radical (unpaired) electrons. The molecule has 0 aliphatic carbocycles. The summed E-state index contributed by atoms with van der Waals surface area (Å²) in [4.78, 5) is 19.5. The van der Waals surface area contributed by atoms with Gasteiger partial charge in [-0.2, -0.15) is 0 Å². The number of thiocarbonyl (C=S) groups is 1. The van der Waals surface area contributed by atoms with Crippen molar-refractivity contribution in [2.75, 3.05) is 12.0 Å². The zero-order chi connectivity index (χ0) is 26.3. The van der Waals surface area contributed by atoms with Crippen LogP contribution < -0.4 is 10.2 Å². The van der Waals surface area contributed by atoms with E-state index in [0.717, 1.165) is 34.0 Å². The van der Waals surface area contributed by atoms with E-state index in [2.05, 4.69) is 71.7 Å². The molecule has 0 unspecified atom stereocenters. The Morgan fingerprint density at radius 1 is 0.973 bits per heavy atom. The van der Waals surface area contributed by atoms with Gasteiger partial charge < -0.3 is 19.5 Å². The molecule has 1 aliphatic rings. The van der Waals surface area contributed by atoms with E-state index >= 15 is 0 Å². The van der Waals surface area contributed by atoms with Crippen LogP contribution in [-0.4, -0.2) is 27.7 Å². The Hall–Kier alpha value is -3.97. The molecule has 1 aliphatic heterocycles. The number of anilines is 1. The molecule has 5 rings (SSSR count). The third-order valence-electron chi connectivity index (χ3n) is 6.92. The van der Waals surface area contributed by atoms with E-state index in [1.165, 1.54) is 18.2 Å². The molecule has 7 heteroatoms. The predicted octanol–water partition coefficient (Wildman–Crippen LogP) is 6.07. The number of ether oxygens (including phenoxy) is 1. The summed E-state index contributed by atoms with van der Waals surface area (Å²) >= 11 is 5.93. The zero-order valence-corrected chi connectivity index (χ0v) is 22.5. The zero-order valence-electron chi connectivity index (χ0n) is 21.6. The van der Waals surface area contributed by atoms with Gasteiger partial charge in [-0.15, -0.1) is 0 Å². The standard InChI is InChI=1S/C30H30N4O2S/c1-18-14-19(2)16-22(15-18)34-28(27(32-30(34)37)25-11-8-9-13-31-25)24-17-20(3)33(21(24)4)26-12-7-6-10-23(26)29(35)36-5/h6-17,27-28H,1-5H3,(H,32,37)/t27-,28-/m0/s1. The minimum atomic E-state index is -0.364. The van der Waals surface area contributed by atoms with Crippen LogP contribution in [0, 0.1) is 27.7 Å². The molecule has 0 bridgehead atoms. The SMILES string of the molecule is COC(=O)c1ccccc1-n1c(C)cc([C@H]2[C@H](c3ccccn3)NC(=S)N2c2cc(C)cc(C)c2)c1C. The molecule has 0 spiro atoms. The maximum Gasteiger partial charge on any atom is 0.339 e. The van der Waals surface area contributed by atoms with Gasteiger partial charge in [-0.1, -0.05) is 24.3 Å². The first-order chi connectivity index (χ1) is 17.8. The smallest absolute Gasteiger partial charge is 0.339 e. The monoisotopic (exact) mass is 510 g/mol. The van der Waals surface area contributed by atoms with Gasteiger partial charge in [-0.05, 0) is 99.1 Å². The minimum absolute atomic E-state index is 0.145. The van der Waals surface area contributed by atoms with Gasteiger partial charge in [0.05, 0.1) is 36.1 Å². The summed E-state index contributed by atoms with van der Waals surface area (Å²) in [6.45, 7) is 8.35. The summed E-state index contributed by atoms with van der Waals surface area (Å²) in [5.74, 6) is -0.364. The van der Waals surface area contributed by atoms with Crippen LogP contribution in [0.5, 0.6) is 0 Å². The van der Waals surface area contributed by atoms with Gasteiger partial charge in [0.2, 0.25) is 0 Å². The van der Waals surface area contributed by atoms with Crippen molar-refractivity contribution in [2.24, 2.45) is 0 Å². The predicted molar refractivity (Wildman–Crippen MR) is 150 cm³/mol. The number of esters is 1. The summed E-state index contributed by atoms with van der Waals surface area (Å²) < 4.78 is 7.20. The summed E-state index contributed by atoms with van der Waals surface area (Å²) in [5.41, 5.74) is 8.77. The van der Waals surface area contributed by atoms with Crippen LogP contribution >= 0.6 is 12.2 Å². The van der Waals surface area contributed by atoms with Crippen molar-refractivity contribution in [1.82, 2.24) is 14.9 Å². The van der Waals surface area contributed by atoms with Crippen molar-refractivity contribution in [3.8, 4) is 5.69 Å². The molecule has 1 N–H and O–H groups in total. The van der Waals surface area contributed by atoms with Gasteiger partial charge in [-0.3, -0.25) is 4.98 Å². The average Bonchev–Trinajstić information content (AvgIpc) is 3.38. The molecule has 3 heterocycles. The normalized spacial score (nSPS) is 17.1. The maximum atomic E-state index is 12.6. The van der Waals surface area contributed by atoms with Crippen LogP contribution in [0.15, 0.2) is 72.9 Å². The second kappa shape index (κ2) is 9.82. The third kappa shape index (κ3) is 4.40. The van der Waals surface area contributed by atoms with E-state index in [4.69, 9.17) is 17.0 Å². The average molecular weight is 511 g/mol. The molecule has 37 heavy (non-hydrogen) atoms. The Morgan fingerprint density at radius 2 is 1.68 bits per heavy atom. The molecule has 188 valence electrons. The van der Waals surface area contributed by atoms with Gasteiger partial charge in [0.1, 0.15) is 0 Å². The lowest BCUT2D eigenvalue weighted by atomic mass is 9.96. The topological polar surface area (TPSA) is 59.4 Å². The van der Waals surface area contributed by atoms with Gasteiger partial charge in [0.25, 0.3) is 0 Å². The lowest BCUT2D eigenvalue weighted by Crippen LogP contribution is -2.29. The first-order valence-corrected chi connectivity index (χ1v) is 12.7. The lowest BCUT2D eigenvalue weighted by Gasteiger charge is -2.29. The van der Waals surface area contributed by atoms with Crippen LogP contribution in [0.4, 0.5) is 5.69 Å². The van der Waals surface area contributed by atoms with E-state index in [9.17, 15) is 4.79 Å². The number of methoxy groups -OCH3 is 1. The molecule has 0 amide bonds. The second-order valence-electron chi connectivity index (χ2n) is 9.51. The Labute approximate surface area is 222 Å². The molecule has 1 saturated heterocycles. The molecule has 4 aromatic rings. The minimum Gasteiger partial charge on any atom is -0.465 e. The van der Waals surface area contributed by atoms with E-state index in [0.29, 0.717) is 10.7 Å². The fourth-order valence-corrected chi connectivity index (χ4v) is 5.79. The Kier molecular flexibility index (Phi) is 6.56. The van der Waals surface area contributed by atoms with E-state index in [1.807, 2.05) is 42.6 Å². The number of carbonyl (C=O) groups excluding carboxylic acids is 1. The van der Waals surface area contributed by atoms with Crippen LogP contribution in [0.2, 0.25) is 0 Å². The summed E-state index contributed by atoms with van der Waals surface area (Å²) in [6.07, 6.45) is 1.81. The molecular weight excluding hydrogens is 480 g/mol. The number of nitrogens with zero attached hydrogens (tertiary/aromatic N) is 3. The number of rotatable bonds is 5. The van der Waals surface area contributed by atoms with Crippen LogP contribution in [0.3, 0.4) is 0 Å². The number of hydrogen-bond donors (Lipinski definition) is 1. The van der Waals surface area contributed by atoms with E-state index in [1.54, 1.807) is 6.07 Å². The van der Waals surface area contributed by atoms with E-state index in [-0.39, 0.29) is 18.1 Å². The molecule has 2 aromatic heterocycles. The molecule has 2 atom stereocenters. The van der Waals surface area contributed by atoms with Gasteiger partial charge in [0.15, 0.2) is 5.11 Å². The lowest BCUT2D eigenvalue weighted by molar-refractivity contribution is 0.0600. The highest BCUT2D eigenvalue weighted by Gasteiger charge is 2.42. The third-order valence-corrected chi connectivity index (χ3v) is 7.24. The number of pyridine rings is 1. The largest absolute Gasteiger partial charge is 0.465 e. The number of aromatic nitrogens is 2. The van der Waals surface area contributed by atoms with Crippen LogP contribution in [0.25, 0.3) is 5.69 Å². The first-order valence-electron chi connectivity index (χ1n) is 12.3. The number of aryl methyl sites for hydroxylation is 3. The summed E-state index contributed by atoms with van der Waals surface area (Å²) in [7, 11) is 1.41. The van der Waals surface area contributed by atoms with Crippen LogP contribution in [0.1, 0.15) is 56.2 Å². The van der Waals surface area contributed by atoms with Crippen molar-refractivity contribution in [3.63, 3.8) is 0 Å². The van der Waals surface area contributed by atoms with Crippen molar-refractivity contribution in [1.29, 1.82) is 0 Å². The van der Waals surface area contributed by atoms with Gasteiger partial charge >= 0.3 is 5.97 Å². The van der Waals surface area contributed by atoms with E-state index < -0.39 is 0 Å². The first kappa shape index (κ1) is 24.7. The number of carbonyl (C=O) groups is 1. The molecule has 2 aromatic carbocycles. The van der Waals surface area contributed by atoms with Crippen molar-refractivity contribution in [3.05, 3.63) is 112 Å². The fraction of sp³-hybridized carbons (Fsp3) is 0.233. The number of hydrogen-bond acceptors (Lipinski definition) is 4. The highest BCUT2D eigenvalue weighted by atomic mass is 32.1. The highest BCUT2D eigenvalue weighted by Crippen LogP contribution is 2.44. The highest BCUT2D eigenvalue weighted by molar-refractivity contribution is 7.80.